The lowest BCUT2D eigenvalue weighted by atomic mass is 9.84. The predicted molar refractivity (Wildman–Crippen MR) is 55.4 cm³/mol. The van der Waals surface area contributed by atoms with Gasteiger partial charge in [0.1, 0.15) is 0 Å². The van der Waals surface area contributed by atoms with Crippen molar-refractivity contribution >= 4 is 0 Å². The minimum absolute atomic E-state index is 0.319. The van der Waals surface area contributed by atoms with Gasteiger partial charge in [0, 0.05) is 25.7 Å². The molecule has 1 saturated heterocycles. The van der Waals surface area contributed by atoms with Gasteiger partial charge < -0.3 is 10.6 Å². The zero-order valence-corrected chi connectivity index (χ0v) is 8.66. The van der Waals surface area contributed by atoms with Crippen LogP contribution in [0.25, 0.3) is 0 Å². The van der Waals surface area contributed by atoms with Crippen LogP contribution >= 0.6 is 0 Å². The van der Waals surface area contributed by atoms with Crippen LogP contribution in [-0.2, 0) is 0 Å². The quantitative estimate of drug-likeness (QED) is 0.648. The Bertz CT molecular complexity index is 212. The van der Waals surface area contributed by atoms with Gasteiger partial charge in [0.15, 0.2) is 0 Å². The van der Waals surface area contributed by atoms with E-state index in [2.05, 4.69) is 30.9 Å². The van der Waals surface area contributed by atoms with Crippen molar-refractivity contribution in [3.63, 3.8) is 0 Å². The van der Waals surface area contributed by atoms with Crippen molar-refractivity contribution in [2.45, 2.75) is 26.3 Å². The number of likely N-dealkylation sites (tertiary alicyclic amines) is 1. The molecule has 2 nitrogen and oxygen atoms in total. The molecule has 0 spiro atoms. The maximum Gasteiger partial charge on any atom is 0.0229 e. The van der Waals surface area contributed by atoms with Gasteiger partial charge in [-0.2, -0.15) is 0 Å². The van der Waals surface area contributed by atoms with Crippen LogP contribution in [-0.4, -0.2) is 30.6 Å². The van der Waals surface area contributed by atoms with E-state index in [4.69, 9.17) is 5.73 Å². The van der Waals surface area contributed by atoms with Crippen LogP contribution in [0.1, 0.15) is 20.3 Å². The summed E-state index contributed by atoms with van der Waals surface area (Å²) in [6.07, 6.45) is 5.59. The van der Waals surface area contributed by atoms with Crippen molar-refractivity contribution < 1.29 is 0 Å². The van der Waals surface area contributed by atoms with Crippen molar-refractivity contribution in [3.05, 3.63) is 12.2 Å². The SMILES string of the molecule is CC1(C)CN(CC2C=CC(N)C2)C1. The van der Waals surface area contributed by atoms with Gasteiger partial charge in [0.05, 0.1) is 0 Å². The van der Waals surface area contributed by atoms with Gasteiger partial charge in [-0.3, -0.25) is 0 Å². The fourth-order valence-electron chi connectivity index (χ4n) is 2.57. The molecule has 0 amide bonds. The van der Waals surface area contributed by atoms with Crippen molar-refractivity contribution in [2.24, 2.45) is 17.1 Å². The second-order valence-corrected chi connectivity index (χ2v) is 5.38. The summed E-state index contributed by atoms with van der Waals surface area (Å²) in [6, 6.07) is 0.319. The van der Waals surface area contributed by atoms with Gasteiger partial charge in [-0.25, -0.2) is 0 Å². The summed E-state index contributed by atoms with van der Waals surface area (Å²) in [5.41, 5.74) is 6.37. The van der Waals surface area contributed by atoms with E-state index in [-0.39, 0.29) is 0 Å². The highest BCUT2D eigenvalue weighted by Crippen LogP contribution is 2.30. The molecule has 2 atom stereocenters. The molecule has 2 heteroatoms. The fourth-order valence-corrected chi connectivity index (χ4v) is 2.57. The number of nitrogens with two attached hydrogens (primary N) is 1. The van der Waals surface area contributed by atoms with E-state index in [0.29, 0.717) is 17.4 Å². The standard InChI is InChI=1S/C11H20N2/c1-11(2)7-13(8-11)6-9-3-4-10(12)5-9/h3-4,9-10H,5-8,12H2,1-2H3. The van der Waals surface area contributed by atoms with Crippen LogP contribution in [0, 0.1) is 11.3 Å². The average Bonchev–Trinajstić information content (AvgIpc) is 2.31. The zero-order valence-electron chi connectivity index (χ0n) is 8.66. The first kappa shape index (κ1) is 9.22. The number of nitrogens with zero attached hydrogens (tertiary/aromatic N) is 1. The Morgan fingerprint density at radius 3 is 2.54 bits per heavy atom. The second kappa shape index (κ2) is 3.10. The Labute approximate surface area is 80.8 Å². The van der Waals surface area contributed by atoms with Crippen LogP contribution < -0.4 is 5.73 Å². The van der Waals surface area contributed by atoms with E-state index in [1.165, 1.54) is 19.6 Å². The zero-order chi connectivity index (χ0) is 9.47. The number of hydrogen-bond acceptors (Lipinski definition) is 2. The Morgan fingerprint density at radius 1 is 1.38 bits per heavy atom. The molecular formula is C11H20N2. The van der Waals surface area contributed by atoms with Crippen LogP contribution in [0.5, 0.6) is 0 Å². The van der Waals surface area contributed by atoms with E-state index < -0.39 is 0 Å². The van der Waals surface area contributed by atoms with Crippen LogP contribution in [0.3, 0.4) is 0 Å². The molecule has 2 N–H and O–H groups in total. The summed E-state index contributed by atoms with van der Waals surface area (Å²) in [5.74, 6) is 0.714. The van der Waals surface area contributed by atoms with E-state index in [1.807, 2.05) is 0 Å². The van der Waals surface area contributed by atoms with E-state index in [9.17, 15) is 0 Å². The molecule has 74 valence electrons. The van der Waals surface area contributed by atoms with Gasteiger partial charge in [0.2, 0.25) is 0 Å². The molecule has 13 heavy (non-hydrogen) atoms. The molecule has 1 aliphatic heterocycles. The Balaban J connectivity index is 1.73. The summed E-state index contributed by atoms with van der Waals surface area (Å²) < 4.78 is 0. The third-order valence-electron chi connectivity index (χ3n) is 3.00. The molecule has 1 fully saturated rings. The van der Waals surface area contributed by atoms with Crippen LogP contribution in [0.15, 0.2) is 12.2 Å². The van der Waals surface area contributed by atoms with Gasteiger partial charge in [-0.1, -0.05) is 26.0 Å². The van der Waals surface area contributed by atoms with E-state index >= 15 is 0 Å². The molecule has 0 bridgehead atoms. The molecule has 1 aliphatic carbocycles. The molecule has 2 unspecified atom stereocenters. The smallest absolute Gasteiger partial charge is 0.0229 e. The molecular weight excluding hydrogens is 160 g/mol. The fraction of sp³-hybridized carbons (Fsp3) is 0.818. The minimum Gasteiger partial charge on any atom is -0.324 e. The second-order valence-electron chi connectivity index (χ2n) is 5.38. The monoisotopic (exact) mass is 180 g/mol. The largest absolute Gasteiger partial charge is 0.324 e. The molecule has 0 saturated carbocycles. The summed E-state index contributed by atoms with van der Waals surface area (Å²) in [4.78, 5) is 2.53. The Morgan fingerprint density at radius 2 is 2.08 bits per heavy atom. The highest BCUT2D eigenvalue weighted by Gasteiger charge is 2.35. The number of rotatable bonds is 2. The third kappa shape index (κ3) is 2.12. The van der Waals surface area contributed by atoms with Gasteiger partial charge in [-0.15, -0.1) is 0 Å². The van der Waals surface area contributed by atoms with Crippen molar-refractivity contribution in [2.75, 3.05) is 19.6 Å². The maximum atomic E-state index is 5.81. The first-order valence-electron chi connectivity index (χ1n) is 5.21. The van der Waals surface area contributed by atoms with Gasteiger partial charge in [-0.05, 0) is 17.8 Å². The first-order chi connectivity index (χ1) is 6.05. The molecule has 0 aromatic heterocycles. The van der Waals surface area contributed by atoms with Gasteiger partial charge >= 0.3 is 0 Å². The lowest BCUT2D eigenvalue weighted by Crippen LogP contribution is -2.54. The Hall–Kier alpha value is -0.340. The Kier molecular flexibility index (Phi) is 2.20. The molecule has 0 aromatic carbocycles. The summed E-state index contributed by atoms with van der Waals surface area (Å²) in [7, 11) is 0. The molecule has 1 heterocycles. The van der Waals surface area contributed by atoms with Gasteiger partial charge in [0.25, 0.3) is 0 Å². The minimum atomic E-state index is 0.319. The maximum absolute atomic E-state index is 5.81. The van der Waals surface area contributed by atoms with Crippen LogP contribution in [0.4, 0.5) is 0 Å². The topological polar surface area (TPSA) is 29.3 Å². The van der Waals surface area contributed by atoms with Crippen LogP contribution in [0.2, 0.25) is 0 Å². The normalized spacial score (nSPS) is 37.8. The average molecular weight is 180 g/mol. The molecule has 2 aliphatic rings. The summed E-state index contributed by atoms with van der Waals surface area (Å²) >= 11 is 0. The lowest BCUT2D eigenvalue weighted by molar-refractivity contribution is 0.0228. The van der Waals surface area contributed by atoms with E-state index in [1.54, 1.807) is 0 Å². The molecule has 0 aromatic rings. The highest BCUT2D eigenvalue weighted by atomic mass is 15.2. The molecule has 0 radical (unpaired) electrons. The predicted octanol–water partition coefficient (Wildman–Crippen LogP) is 1.23. The van der Waals surface area contributed by atoms with E-state index in [0.717, 1.165) is 6.42 Å². The number of hydrogen-bond donors (Lipinski definition) is 1. The third-order valence-corrected chi connectivity index (χ3v) is 3.00. The first-order valence-corrected chi connectivity index (χ1v) is 5.21. The van der Waals surface area contributed by atoms with Crippen molar-refractivity contribution in [1.29, 1.82) is 0 Å². The van der Waals surface area contributed by atoms with Crippen molar-refractivity contribution in [1.82, 2.24) is 4.90 Å². The molecule has 2 rings (SSSR count). The highest BCUT2D eigenvalue weighted by molar-refractivity contribution is 5.06. The summed E-state index contributed by atoms with van der Waals surface area (Å²) in [5, 5.41) is 0. The lowest BCUT2D eigenvalue weighted by Gasteiger charge is -2.46. The summed E-state index contributed by atoms with van der Waals surface area (Å²) in [6.45, 7) is 8.40. The van der Waals surface area contributed by atoms with Crippen molar-refractivity contribution in [3.8, 4) is 0 Å².